The molecule has 1 atom stereocenters. The zero-order valence-electron chi connectivity index (χ0n) is 14.4. The number of amides is 1. The van der Waals surface area contributed by atoms with Crippen LogP contribution >= 0.6 is 0 Å². The molecule has 2 aliphatic rings. The van der Waals surface area contributed by atoms with E-state index in [1.807, 2.05) is 31.3 Å². The fourth-order valence-corrected chi connectivity index (χ4v) is 3.61. The lowest BCUT2D eigenvalue weighted by Gasteiger charge is -2.23. The zero-order valence-corrected chi connectivity index (χ0v) is 14.4. The first-order chi connectivity index (χ1) is 11.6. The molecule has 0 aromatic carbocycles. The zero-order chi connectivity index (χ0) is 16.7. The van der Waals surface area contributed by atoms with Crippen LogP contribution < -0.4 is 0 Å². The quantitative estimate of drug-likeness (QED) is 0.840. The Balaban J connectivity index is 1.42. The molecule has 128 valence electrons. The first kappa shape index (κ1) is 15.4. The molecule has 0 N–H and O–H groups in total. The molecule has 1 aliphatic heterocycles. The topological polar surface area (TPSA) is 68.8 Å². The Bertz CT molecular complexity index is 725. The summed E-state index contributed by atoms with van der Waals surface area (Å²) in [6.45, 7) is 2.80. The Labute approximate surface area is 141 Å². The van der Waals surface area contributed by atoms with Crippen molar-refractivity contribution in [3.63, 3.8) is 0 Å². The number of carbonyl (C=O) groups excluding carboxylic acids is 1. The first-order valence-corrected chi connectivity index (χ1v) is 8.83. The van der Waals surface area contributed by atoms with Crippen molar-refractivity contribution < 1.29 is 4.79 Å². The molecular formula is C17H24N6O. The summed E-state index contributed by atoms with van der Waals surface area (Å²) in [5.41, 5.74) is 1.56. The Hall–Kier alpha value is -2.18. The van der Waals surface area contributed by atoms with Gasteiger partial charge in [0, 0.05) is 37.8 Å². The Morgan fingerprint density at radius 2 is 2.17 bits per heavy atom. The van der Waals surface area contributed by atoms with Gasteiger partial charge in [-0.25, -0.2) is 0 Å². The van der Waals surface area contributed by atoms with Crippen LogP contribution in [0.5, 0.6) is 0 Å². The normalized spacial score (nSPS) is 20.8. The Kier molecular flexibility index (Phi) is 3.86. The van der Waals surface area contributed by atoms with Crippen molar-refractivity contribution in [3.8, 4) is 0 Å². The second kappa shape index (κ2) is 6.03. The van der Waals surface area contributed by atoms with Crippen molar-refractivity contribution in [3.05, 3.63) is 29.6 Å². The highest BCUT2D eigenvalue weighted by molar-refractivity contribution is 5.92. The number of hydrogen-bond donors (Lipinski definition) is 0. The van der Waals surface area contributed by atoms with Gasteiger partial charge in [-0.2, -0.15) is 5.10 Å². The maximum Gasteiger partial charge on any atom is 0.274 e. The number of aryl methyl sites for hydroxylation is 3. The van der Waals surface area contributed by atoms with E-state index in [2.05, 4.69) is 19.9 Å². The average molecular weight is 328 g/mol. The molecule has 1 aliphatic carbocycles. The molecule has 1 unspecified atom stereocenters. The molecule has 7 nitrogen and oxygen atoms in total. The molecule has 0 bridgehead atoms. The van der Waals surface area contributed by atoms with Gasteiger partial charge in [0.15, 0.2) is 5.69 Å². The van der Waals surface area contributed by atoms with E-state index in [1.165, 1.54) is 12.8 Å². The fourth-order valence-electron chi connectivity index (χ4n) is 3.61. The van der Waals surface area contributed by atoms with Crippen molar-refractivity contribution >= 4 is 5.91 Å². The van der Waals surface area contributed by atoms with Gasteiger partial charge in [0.25, 0.3) is 5.91 Å². The summed E-state index contributed by atoms with van der Waals surface area (Å²) >= 11 is 0. The average Bonchev–Trinajstić information content (AvgIpc) is 2.98. The Morgan fingerprint density at radius 3 is 2.88 bits per heavy atom. The molecule has 2 fully saturated rings. The monoisotopic (exact) mass is 328 g/mol. The van der Waals surface area contributed by atoms with Crippen LogP contribution in [-0.4, -0.2) is 47.9 Å². The number of hydrogen-bond acceptors (Lipinski definition) is 4. The van der Waals surface area contributed by atoms with E-state index < -0.39 is 0 Å². The Morgan fingerprint density at radius 1 is 1.33 bits per heavy atom. The van der Waals surface area contributed by atoms with E-state index in [4.69, 9.17) is 0 Å². The molecule has 4 rings (SSSR count). The SMILES string of the molecule is Cc1cc(C(=O)N2CCCC2CCc2nncn2C2CC2)nn1C. The molecule has 7 heteroatoms. The van der Waals surface area contributed by atoms with E-state index in [-0.39, 0.29) is 11.9 Å². The lowest BCUT2D eigenvalue weighted by atomic mass is 10.1. The maximum absolute atomic E-state index is 12.8. The smallest absolute Gasteiger partial charge is 0.274 e. The number of aromatic nitrogens is 5. The number of rotatable bonds is 5. The predicted molar refractivity (Wildman–Crippen MR) is 88.6 cm³/mol. The molecule has 0 radical (unpaired) electrons. The van der Waals surface area contributed by atoms with Crippen molar-refractivity contribution in [2.75, 3.05) is 6.54 Å². The van der Waals surface area contributed by atoms with Crippen LogP contribution in [0.2, 0.25) is 0 Å². The van der Waals surface area contributed by atoms with Gasteiger partial charge in [-0.15, -0.1) is 10.2 Å². The molecule has 1 saturated heterocycles. The summed E-state index contributed by atoms with van der Waals surface area (Å²) in [4.78, 5) is 14.8. The summed E-state index contributed by atoms with van der Waals surface area (Å²) < 4.78 is 3.97. The van der Waals surface area contributed by atoms with Gasteiger partial charge >= 0.3 is 0 Å². The molecule has 2 aromatic heterocycles. The lowest BCUT2D eigenvalue weighted by Crippen LogP contribution is -2.36. The van der Waals surface area contributed by atoms with Crippen molar-refractivity contribution in [1.29, 1.82) is 0 Å². The van der Waals surface area contributed by atoms with Crippen LogP contribution in [0.3, 0.4) is 0 Å². The maximum atomic E-state index is 12.8. The van der Waals surface area contributed by atoms with Crippen molar-refractivity contribution in [2.24, 2.45) is 7.05 Å². The van der Waals surface area contributed by atoms with Gasteiger partial charge in [0.1, 0.15) is 12.2 Å². The van der Waals surface area contributed by atoms with E-state index in [0.29, 0.717) is 11.7 Å². The predicted octanol–water partition coefficient (Wildman–Crippen LogP) is 1.89. The second-order valence-electron chi connectivity index (χ2n) is 7.01. The molecule has 3 heterocycles. The van der Waals surface area contributed by atoms with Crippen LogP contribution in [0, 0.1) is 6.92 Å². The highest BCUT2D eigenvalue weighted by atomic mass is 16.2. The molecule has 1 saturated carbocycles. The summed E-state index contributed by atoms with van der Waals surface area (Å²) in [7, 11) is 1.87. The van der Waals surface area contributed by atoms with E-state index in [0.717, 1.165) is 43.7 Å². The van der Waals surface area contributed by atoms with Crippen LogP contribution in [0.15, 0.2) is 12.4 Å². The molecule has 24 heavy (non-hydrogen) atoms. The highest BCUT2D eigenvalue weighted by Gasteiger charge is 2.31. The number of carbonyl (C=O) groups is 1. The third kappa shape index (κ3) is 2.83. The summed E-state index contributed by atoms with van der Waals surface area (Å²) in [5, 5.41) is 12.7. The van der Waals surface area contributed by atoms with Gasteiger partial charge in [0.05, 0.1) is 0 Å². The third-order valence-corrected chi connectivity index (χ3v) is 5.26. The minimum absolute atomic E-state index is 0.0601. The fraction of sp³-hybridized carbons (Fsp3) is 0.647. The third-order valence-electron chi connectivity index (χ3n) is 5.26. The van der Waals surface area contributed by atoms with Crippen molar-refractivity contribution in [1.82, 2.24) is 29.4 Å². The van der Waals surface area contributed by atoms with E-state index in [9.17, 15) is 4.79 Å². The van der Waals surface area contributed by atoms with Gasteiger partial charge in [-0.05, 0) is 45.1 Å². The molecule has 1 amide bonds. The summed E-state index contributed by atoms with van der Waals surface area (Å²) in [5.74, 6) is 1.12. The van der Waals surface area contributed by atoms with Crippen molar-refractivity contribution in [2.45, 2.75) is 57.5 Å². The van der Waals surface area contributed by atoms with Crippen LogP contribution in [0.4, 0.5) is 0 Å². The highest BCUT2D eigenvalue weighted by Crippen LogP contribution is 2.35. The summed E-state index contributed by atoms with van der Waals surface area (Å²) in [6, 6.07) is 2.76. The van der Waals surface area contributed by atoms with Crippen LogP contribution in [0.1, 0.15) is 60.2 Å². The van der Waals surface area contributed by atoms with Gasteiger partial charge in [-0.3, -0.25) is 9.48 Å². The lowest BCUT2D eigenvalue weighted by molar-refractivity contribution is 0.0723. The van der Waals surface area contributed by atoms with Crippen LogP contribution in [0.25, 0.3) is 0 Å². The molecule has 2 aromatic rings. The minimum atomic E-state index is 0.0601. The van der Waals surface area contributed by atoms with Crippen LogP contribution in [-0.2, 0) is 13.5 Å². The van der Waals surface area contributed by atoms with Gasteiger partial charge in [0.2, 0.25) is 0 Å². The standard InChI is InChI=1S/C17H24N6O/c1-12-10-15(20-21(12)2)17(24)22-9-3-4-13(22)7-8-16-19-18-11-23(16)14-5-6-14/h10-11,13-14H,3-9H2,1-2H3. The van der Waals surface area contributed by atoms with Gasteiger partial charge < -0.3 is 9.47 Å². The second-order valence-corrected chi connectivity index (χ2v) is 7.01. The molecular weight excluding hydrogens is 304 g/mol. The first-order valence-electron chi connectivity index (χ1n) is 8.83. The summed E-state index contributed by atoms with van der Waals surface area (Å²) in [6.07, 6.45) is 8.28. The van der Waals surface area contributed by atoms with E-state index >= 15 is 0 Å². The minimum Gasteiger partial charge on any atom is -0.334 e. The largest absolute Gasteiger partial charge is 0.334 e. The van der Waals surface area contributed by atoms with Gasteiger partial charge in [-0.1, -0.05) is 0 Å². The number of nitrogens with zero attached hydrogens (tertiary/aromatic N) is 6. The van der Waals surface area contributed by atoms with E-state index in [1.54, 1.807) is 4.68 Å². The number of likely N-dealkylation sites (tertiary alicyclic amines) is 1. The molecule has 0 spiro atoms.